The van der Waals surface area contributed by atoms with Crippen LogP contribution in [0.25, 0.3) is 0 Å². The molecule has 3 rings (SSSR count). The molecule has 0 spiro atoms. The van der Waals surface area contributed by atoms with Crippen LogP contribution in [0, 0.1) is 0 Å². The van der Waals surface area contributed by atoms with E-state index in [2.05, 4.69) is 30.3 Å². The average Bonchev–Trinajstić information content (AvgIpc) is 3.14. The van der Waals surface area contributed by atoms with Gasteiger partial charge in [-0.05, 0) is 31.2 Å². The second-order valence-electron chi connectivity index (χ2n) is 6.37. The third kappa shape index (κ3) is 2.82. The Morgan fingerprint density at radius 3 is 1.79 bits per heavy atom. The van der Waals surface area contributed by atoms with Crippen molar-refractivity contribution in [3.8, 4) is 0 Å². The lowest BCUT2D eigenvalue weighted by Gasteiger charge is -2.30. The van der Waals surface area contributed by atoms with Crippen LogP contribution in [0.4, 0.5) is 0 Å². The van der Waals surface area contributed by atoms with Gasteiger partial charge in [0.1, 0.15) is 0 Å². The van der Waals surface area contributed by atoms with Crippen molar-refractivity contribution in [2.24, 2.45) is 0 Å². The van der Waals surface area contributed by atoms with Gasteiger partial charge in [0.25, 0.3) is 0 Å². The number of hydrogen-bond acceptors (Lipinski definition) is 1. The van der Waals surface area contributed by atoms with Crippen molar-refractivity contribution in [1.82, 2.24) is 0 Å². The lowest BCUT2D eigenvalue weighted by atomic mass is 10.2. The second-order valence-corrected chi connectivity index (χ2v) is 9.86. The molecule has 104 valence electrons. The molecule has 0 aliphatic heterocycles. The fourth-order valence-electron chi connectivity index (χ4n) is 4.11. The monoisotopic (exact) mass is 276 g/mol. The minimum absolute atomic E-state index is 0.538. The first kappa shape index (κ1) is 13.4. The molecule has 0 aromatic heterocycles. The molecular weight excluding hydrogens is 251 g/mol. The van der Waals surface area contributed by atoms with Gasteiger partial charge in [-0.25, -0.2) is 0 Å². The molecule has 0 N–H and O–H groups in total. The summed E-state index contributed by atoms with van der Waals surface area (Å²) in [6.45, 7) is 0. The Labute approximate surface area is 117 Å². The summed E-state index contributed by atoms with van der Waals surface area (Å²) in [6.07, 6.45) is 11.0. The first-order chi connectivity index (χ1) is 9.29. The van der Waals surface area contributed by atoms with Gasteiger partial charge in [-0.1, -0.05) is 56.0 Å². The van der Waals surface area contributed by atoms with E-state index in [1.807, 2.05) is 0 Å². The Hall–Kier alpha value is -0.550. The van der Waals surface area contributed by atoms with Crippen molar-refractivity contribution < 1.29 is 4.57 Å². The summed E-state index contributed by atoms with van der Waals surface area (Å²) >= 11 is 0. The normalized spacial score (nSPS) is 22.1. The molecule has 1 aromatic rings. The van der Waals surface area contributed by atoms with Gasteiger partial charge in [0, 0.05) is 17.5 Å². The van der Waals surface area contributed by atoms with Crippen molar-refractivity contribution >= 4 is 7.14 Å². The highest BCUT2D eigenvalue weighted by atomic mass is 31.2. The molecule has 0 radical (unpaired) electrons. The van der Waals surface area contributed by atoms with Crippen LogP contribution in [0.1, 0.15) is 56.9 Å². The highest BCUT2D eigenvalue weighted by Gasteiger charge is 2.42. The molecule has 2 aliphatic carbocycles. The van der Waals surface area contributed by atoms with Crippen LogP contribution in [-0.2, 0) is 10.7 Å². The quantitative estimate of drug-likeness (QED) is 0.670. The summed E-state index contributed by atoms with van der Waals surface area (Å²) in [5.41, 5.74) is 2.37. The second kappa shape index (κ2) is 5.83. The zero-order valence-corrected chi connectivity index (χ0v) is 12.7. The summed E-state index contributed by atoms with van der Waals surface area (Å²) in [5.74, 6) is 0. The average molecular weight is 276 g/mol. The van der Waals surface area contributed by atoms with Gasteiger partial charge in [-0.2, -0.15) is 0 Å². The van der Waals surface area contributed by atoms with Crippen molar-refractivity contribution in [2.75, 3.05) is 0 Å². The number of rotatable bonds is 4. The first-order valence-corrected chi connectivity index (χ1v) is 9.94. The lowest BCUT2D eigenvalue weighted by Crippen LogP contribution is -2.16. The molecule has 1 nitrogen and oxygen atoms in total. The molecule has 2 fully saturated rings. The summed E-state index contributed by atoms with van der Waals surface area (Å²) in [6, 6.07) is 10.6. The number of hydrogen-bond donors (Lipinski definition) is 0. The molecule has 0 amide bonds. The third-order valence-electron chi connectivity index (χ3n) is 5.16. The van der Waals surface area contributed by atoms with Gasteiger partial charge in [-0.3, -0.25) is 0 Å². The standard InChI is InChI=1S/C17H25OP/c18-19(16-10-4-5-11-16,17-12-6-7-13-17)14-15-8-2-1-3-9-15/h1-3,8-9,16-17H,4-7,10-14H2. The van der Waals surface area contributed by atoms with E-state index in [0.717, 1.165) is 6.16 Å². The van der Waals surface area contributed by atoms with Crippen LogP contribution in [-0.4, -0.2) is 11.3 Å². The lowest BCUT2D eigenvalue weighted by molar-refractivity contribution is 0.548. The largest absolute Gasteiger partial charge is 0.323 e. The summed E-state index contributed by atoms with van der Waals surface area (Å²) in [5, 5.41) is 0. The summed E-state index contributed by atoms with van der Waals surface area (Å²) in [4.78, 5) is 0. The SMILES string of the molecule is O=P(Cc1ccccc1)(C1CCCC1)C1CCCC1. The van der Waals surface area contributed by atoms with Crippen LogP contribution in [0.3, 0.4) is 0 Å². The predicted octanol–water partition coefficient (Wildman–Crippen LogP) is 5.43. The minimum Gasteiger partial charge on any atom is -0.323 e. The van der Waals surface area contributed by atoms with Gasteiger partial charge in [-0.15, -0.1) is 0 Å². The fourth-order valence-corrected chi connectivity index (χ4v) is 8.48. The molecule has 0 unspecified atom stereocenters. The highest BCUT2D eigenvalue weighted by Crippen LogP contribution is 2.65. The van der Waals surface area contributed by atoms with Crippen LogP contribution in [0.15, 0.2) is 30.3 Å². The van der Waals surface area contributed by atoms with Gasteiger partial charge in [0.15, 0.2) is 0 Å². The van der Waals surface area contributed by atoms with E-state index in [1.165, 1.54) is 56.9 Å². The molecule has 1 aromatic carbocycles. The van der Waals surface area contributed by atoms with Crippen LogP contribution < -0.4 is 0 Å². The summed E-state index contributed by atoms with van der Waals surface area (Å²) < 4.78 is 13.8. The zero-order valence-electron chi connectivity index (χ0n) is 11.8. The van der Waals surface area contributed by atoms with Gasteiger partial charge in [0.2, 0.25) is 0 Å². The van der Waals surface area contributed by atoms with Crippen molar-refractivity contribution in [2.45, 2.75) is 68.8 Å². The van der Waals surface area contributed by atoms with Gasteiger partial charge in [0.05, 0.1) is 7.14 Å². The smallest absolute Gasteiger partial charge is 0.0977 e. The number of benzene rings is 1. The van der Waals surface area contributed by atoms with Gasteiger partial charge < -0.3 is 4.57 Å². The minimum atomic E-state index is -2.04. The Bertz CT molecular complexity index is 422. The fraction of sp³-hybridized carbons (Fsp3) is 0.647. The molecule has 2 saturated carbocycles. The molecular formula is C17H25OP. The Balaban J connectivity index is 1.85. The van der Waals surface area contributed by atoms with E-state index in [9.17, 15) is 4.57 Å². The van der Waals surface area contributed by atoms with Crippen molar-refractivity contribution in [3.63, 3.8) is 0 Å². The van der Waals surface area contributed by atoms with E-state index < -0.39 is 7.14 Å². The third-order valence-corrected chi connectivity index (χ3v) is 9.52. The van der Waals surface area contributed by atoms with E-state index in [4.69, 9.17) is 0 Å². The molecule has 0 heterocycles. The maximum absolute atomic E-state index is 13.8. The zero-order chi connectivity index (χ0) is 13.1. The van der Waals surface area contributed by atoms with Crippen molar-refractivity contribution in [3.05, 3.63) is 35.9 Å². The predicted molar refractivity (Wildman–Crippen MR) is 82.3 cm³/mol. The molecule has 2 aliphatic rings. The molecule has 0 atom stereocenters. The molecule has 19 heavy (non-hydrogen) atoms. The van der Waals surface area contributed by atoms with Gasteiger partial charge >= 0.3 is 0 Å². The molecule has 0 bridgehead atoms. The molecule has 2 heteroatoms. The maximum Gasteiger partial charge on any atom is 0.0977 e. The topological polar surface area (TPSA) is 17.1 Å². The summed E-state index contributed by atoms with van der Waals surface area (Å²) in [7, 11) is -2.04. The maximum atomic E-state index is 13.8. The molecule has 0 saturated heterocycles. The van der Waals surface area contributed by atoms with E-state index in [1.54, 1.807) is 0 Å². The van der Waals surface area contributed by atoms with Crippen LogP contribution >= 0.6 is 7.14 Å². The van der Waals surface area contributed by atoms with Crippen LogP contribution in [0.5, 0.6) is 0 Å². The van der Waals surface area contributed by atoms with E-state index >= 15 is 0 Å². The highest BCUT2D eigenvalue weighted by molar-refractivity contribution is 7.64. The Morgan fingerprint density at radius 1 is 0.842 bits per heavy atom. The van der Waals surface area contributed by atoms with E-state index in [0.29, 0.717) is 11.3 Å². The van der Waals surface area contributed by atoms with Crippen molar-refractivity contribution in [1.29, 1.82) is 0 Å². The van der Waals surface area contributed by atoms with E-state index in [-0.39, 0.29) is 0 Å². The Morgan fingerprint density at radius 2 is 1.32 bits per heavy atom. The first-order valence-electron chi connectivity index (χ1n) is 7.91. The van der Waals surface area contributed by atoms with Crippen LogP contribution in [0.2, 0.25) is 0 Å². The Kier molecular flexibility index (Phi) is 4.12.